The molecule has 2 rings (SSSR count). The third kappa shape index (κ3) is 6.57. The van der Waals surface area contributed by atoms with Crippen LogP contribution >= 0.6 is 0 Å². The molecule has 0 unspecified atom stereocenters. The van der Waals surface area contributed by atoms with E-state index in [0.29, 0.717) is 37.8 Å². The Morgan fingerprint density at radius 2 is 1.89 bits per heavy atom. The summed E-state index contributed by atoms with van der Waals surface area (Å²) in [6, 6.07) is 4.89. The Balaban J connectivity index is 1.58. The van der Waals surface area contributed by atoms with Crippen LogP contribution in [0.25, 0.3) is 0 Å². The van der Waals surface area contributed by atoms with Gasteiger partial charge in [0.1, 0.15) is 12.4 Å². The van der Waals surface area contributed by atoms with E-state index in [0.717, 1.165) is 17.7 Å². The second-order valence-electron chi connectivity index (χ2n) is 5.89. The number of carbonyl (C=O) groups excluding carboxylic acids is 1. The van der Waals surface area contributed by atoms with Gasteiger partial charge >= 0.3 is 0 Å². The number of nitrogens with zero attached hydrogens (tertiary/aromatic N) is 1. The molecule has 3 N–H and O–H groups in total. The van der Waals surface area contributed by atoms with Crippen molar-refractivity contribution in [2.45, 2.75) is 13.3 Å². The number of benzene rings is 1. The van der Waals surface area contributed by atoms with E-state index in [1.165, 1.54) is 12.3 Å². The van der Waals surface area contributed by atoms with Crippen molar-refractivity contribution >= 4 is 11.9 Å². The highest BCUT2D eigenvalue weighted by Gasteiger charge is 2.11. The molecule has 0 aliphatic carbocycles. The molecular formula is C19H24F2N4O3. The van der Waals surface area contributed by atoms with Crippen LogP contribution in [0, 0.1) is 18.6 Å². The van der Waals surface area contributed by atoms with Crippen LogP contribution in [0.3, 0.4) is 0 Å². The van der Waals surface area contributed by atoms with Crippen molar-refractivity contribution in [3.05, 3.63) is 53.5 Å². The van der Waals surface area contributed by atoms with Crippen LogP contribution in [0.5, 0.6) is 5.75 Å². The van der Waals surface area contributed by atoms with Gasteiger partial charge in [0.05, 0.1) is 12.8 Å². The third-order valence-electron chi connectivity index (χ3n) is 3.77. The van der Waals surface area contributed by atoms with Gasteiger partial charge in [0.2, 0.25) is 0 Å². The number of aryl methyl sites for hydroxylation is 1. The number of guanidine groups is 1. The molecule has 0 fully saturated rings. The van der Waals surface area contributed by atoms with Crippen LogP contribution in [-0.2, 0) is 0 Å². The monoisotopic (exact) mass is 394 g/mol. The SMILES string of the molecule is CN=C(NCCCNC(=O)c1occc1C)NCCOc1ccc(F)cc1F. The molecule has 0 saturated heterocycles. The minimum absolute atomic E-state index is 0.00585. The largest absolute Gasteiger partial charge is 0.489 e. The van der Waals surface area contributed by atoms with Crippen LogP contribution in [-0.4, -0.2) is 45.2 Å². The van der Waals surface area contributed by atoms with Gasteiger partial charge in [-0.15, -0.1) is 0 Å². The summed E-state index contributed by atoms with van der Waals surface area (Å²) in [5, 5.41) is 8.89. The first-order chi connectivity index (χ1) is 13.5. The predicted octanol–water partition coefficient (Wildman–Crippen LogP) is 2.23. The van der Waals surface area contributed by atoms with Crippen molar-refractivity contribution in [1.29, 1.82) is 0 Å². The van der Waals surface area contributed by atoms with Gasteiger partial charge in [-0.25, -0.2) is 8.78 Å². The number of carbonyl (C=O) groups is 1. The number of furan rings is 1. The third-order valence-corrected chi connectivity index (χ3v) is 3.77. The van der Waals surface area contributed by atoms with E-state index in [1.54, 1.807) is 13.1 Å². The van der Waals surface area contributed by atoms with Gasteiger partial charge < -0.3 is 25.1 Å². The summed E-state index contributed by atoms with van der Waals surface area (Å²) in [5.41, 5.74) is 0.794. The maximum atomic E-state index is 13.5. The molecular weight excluding hydrogens is 370 g/mol. The topological polar surface area (TPSA) is 87.9 Å². The number of ether oxygens (including phenoxy) is 1. The zero-order valence-electron chi connectivity index (χ0n) is 15.9. The Morgan fingerprint density at radius 3 is 2.57 bits per heavy atom. The fourth-order valence-electron chi connectivity index (χ4n) is 2.33. The van der Waals surface area contributed by atoms with Crippen molar-refractivity contribution in [3.63, 3.8) is 0 Å². The summed E-state index contributed by atoms with van der Waals surface area (Å²) in [7, 11) is 1.62. The Kier molecular flexibility index (Phi) is 8.26. The summed E-state index contributed by atoms with van der Waals surface area (Å²) in [5.74, 6) is -0.763. The molecule has 2 aromatic rings. The van der Waals surface area contributed by atoms with Gasteiger partial charge in [-0.2, -0.15) is 0 Å². The average Bonchev–Trinajstić information content (AvgIpc) is 3.10. The van der Waals surface area contributed by atoms with Crippen molar-refractivity contribution in [1.82, 2.24) is 16.0 Å². The molecule has 28 heavy (non-hydrogen) atoms. The van der Waals surface area contributed by atoms with Crippen molar-refractivity contribution in [2.75, 3.05) is 33.3 Å². The first-order valence-electron chi connectivity index (χ1n) is 8.86. The number of amides is 1. The van der Waals surface area contributed by atoms with Crippen LogP contribution in [0.4, 0.5) is 8.78 Å². The lowest BCUT2D eigenvalue weighted by molar-refractivity contribution is 0.0925. The lowest BCUT2D eigenvalue weighted by Gasteiger charge is -2.13. The number of nitrogens with one attached hydrogen (secondary N) is 3. The van der Waals surface area contributed by atoms with E-state index in [1.807, 2.05) is 6.92 Å². The molecule has 0 aliphatic heterocycles. The summed E-state index contributed by atoms with van der Waals surface area (Å²) in [4.78, 5) is 16.0. The Labute approximate surface area is 162 Å². The summed E-state index contributed by atoms with van der Waals surface area (Å²) >= 11 is 0. The summed E-state index contributed by atoms with van der Waals surface area (Å²) < 4.78 is 36.7. The zero-order valence-corrected chi connectivity index (χ0v) is 15.9. The standard InChI is InChI=1S/C19H24F2N4O3/c1-13-6-10-28-17(13)18(26)23-7-3-8-24-19(22-2)25-9-11-27-16-5-4-14(20)12-15(16)21/h4-6,10,12H,3,7-9,11H2,1-2H3,(H,23,26)(H2,22,24,25). The highest BCUT2D eigenvalue weighted by atomic mass is 19.1. The molecule has 1 heterocycles. The maximum Gasteiger partial charge on any atom is 0.287 e. The minimum Gasteiger partial charge on any atom is -0.489 e. The number of hydrogen-bond donors (Lipinski definition) is 3. The van der Waals surface area contributed by atoms with Gasteiger partial charge in [0, 0.05) is 31.8 Å². The normalized spacial score (nSPS) is 11.2. The maximum absolute atomic E-state index is 13.5. The van der Waals surface area contributed by atoms with Gasteiger partial charge in [-0.1, -0.05) is 0 Å². The molecule has 0 saturated carbocycles. The van der Waals surface area contributed by atoms with E-state index >= 15 is 0 Å². The molecule has 0 atom stereocenters. The van der Waals surface area contributed by atoms with E-state index in [2.05, 4.69) is 20.9 Å². The van der Waals surface area contributed by atoms with Crippen molar-refractivity contribution in [3.8, 4) is 5.75 Å². The molecule has 152 valence electrons. The average molecular weight is 394 g/mol. The predicted molar refractivity (Wildman–Crippen MR) is 102 cm³/mol. The quantitative estimate of drug-likeness (QED) is 0.345. The van der Waals surface area contributed by atoms with E-state index in [-0.39, 0.29) is 18.3 Å². The molecule has 7 nitrogen and oxygen atoms in total. The highest BCUT2D eigenvalue weighted by Crippen LogP contribution is 2.17. The second kappa shape index (κ2) is 10.9. The Hall–Kier alpha value is -3.10. The van der Waals surface area contributed by atoms with Crippen LogP contribution < -0.4 is 20.7 Å². The first-order valence-corrected chi connectivity index (χ1v) is 8.86. The van der Waals surface area contributed by atoms with E-state index < -0.39 is 11.6 Å². The molecule has 0 aliphatic rings. The first kappa shape index (κ1) is 21.2. The lowest BCUT2D eigenvalue weighted by atomic mass is 10.2. The molecule has 1 amide bonds. The molecule has 9 heteroatoms. The molecule has 0 radical (unpaired) electrons. The van der Waals surface area contributed by atoms with Crippen LogP contribution in [0.1, 0.15) is 22.5 Å². The smallest absolute Gasteiger partial charge is 0.287 e. The fraction of sp³-hybridized carbons (Fsp3) is 0.368. The molecule has 1 aromatic carbocycles. The highest BCUT2D eigenvalue weighted by molar-refractivity contribution is 5.92. The Morgan fingerprint density at radius 1 is 1.14 bits per heavy atom. The second-order valence-corrected chi connectivity index (χ2v) is 5.89. The molecule has 1 aromatic heterocycles. The number of hydrogen-bond acceptors (Lipinski definition) is 4. The molecule has 0 bridgehead atoms. The van der Waals surface area contributed by atoms with Gasteiger partial charge in [0.25, 0.3) is 5.91 Å². The summed E-state index contributed by atoms with van der Waals surface area (Å²) in [6.45, 7) is 3.44. The van der Waals surface area contributed by atoms with Crippen LogP contribution in [0.15, 0.2) is 39.9 Å². The minimum atomic E-state index is -0.741. The number of aliphatic imine (C=N–C) groups is 1. The number of halogens is 2. The van der Waals surface area contributed by atoms with Crippen molar-refractivity contribution < 1.29 is 22.7 Å². The van der Waals surface area contributed by atoms with Gasteiger partial charge in [-0.3, -0.25) is 9.79 Å². The number of rotatable bonds is 9. The van der Waals surface area contributed by atoms with Gasteiger partial charge in [0.15, 0.2) is 23.3 Å². The zero-order chi connectivity index (χ0) is 20.4. The summed E-state index contributed by atoms with van der Waals surface area (Å²) in [6.07, 6.45) is 2.17. The molecule has 0 spiro atoms. The lowest BCUT2D eigenvalue weighted by Crippen LogP contribution is -2.40. The fourth-order valence-corrected chi connectivity index (χ4v) is 2.33. The Bertz CT molecular complexity index is 808. The van der Waals surface area contributed by atoms with Gasteiger partial charge in [-0.05, 0) is 31.5 Å². The van der Waals surface area contributed by atoms with Crippen LogP contribution in [0.2, 0.25) is 0 Å². The van der Waals surface area contributed by atoms with E-state index in [4.69, 9.17) is 9.15 Å². The van der Waals surface area contributed by atoms with Crippen molar-refractivity contribution in [2.24, 2.45) is 4.99 Å². The van der Waals surface area contributed by atoms with E-state index in [9.17, 15) is 13.6 Å².